The number of morpholine rings is 1. The summed E-state index contributed by atoms with van der Waals surface area (Å²) in [6.45, 7) is 0.443. The van der Waals surface area contributed by atoms with Crippen molar-refractivity contribution in [1.82, 2.24) is 10.2 Å². The van der Waals surface area contributed by atoms with Crippen molar-refractivity contribution in [1.29, 1.82) is 0 Å². The Morgan fingerprint density at radius 3 is 2.69 bits per heavy atom. The molecule has 1 aliphatic carbocycles. The van der Waals surface area contributed by atoms with Crippen LogP contribution in [-0.2, 0) is 20.7 Å². The number of hydrogen-bond donors (Lipinski definition) is 1. The highest BCUT2D eigenvalue weighted by molar-refractivity contribution is 6.32. The van der Waals surface area contributed by atoms with Crippen LogP contribution in [0.15, 0.2) is 48.2 Å². The number of nitrogens with zero attached hydrogens (tertiary/aromatic N) is 1. The third-order valence-electron chi connectivity index (χ3n) is 6.51. The lowest BCUT2D eigenvalue weighted by atomic mass is 9.89. The zero-order chi connectivity index (χ0) is 24.8. The number of amides is 2. The fourth-order valence-electron chi connectivity index (χ4n) is 4.69. The number of hydrogen-bond acceptors (Lipinski definition) is 5. The van der Waals surface area contributed by atoms with Crippen LogP contribution in [0.3, 0.4) is 0 Å². The van der Waals surface area contributed by atoms with E-state index in [2.05, 4.69) is 5.32 Å². The molecular weight excluding hydrogens is 468 g/mol. The summed E-state index contributed by atoms with van der Waals surface area (Å²) in [7, 11) is 3.19. The standard InChI is InChI=1S/C27H31ClN2O5/c1-33-23-12-11-18(15-24(23)34-2)13-14-29-26(31)17-30-21-9-5-6-10-22(21)35-25(27(30)32)16-19-7-3-4-8-20(19)28/h3-4,7-8,11-12,15-16,21-22H,5-6,9-10,13-14,17H2,1-2H3,(H,29,31)/b25-16+. The van der Waals surface area contributed by atoms with Gasteiger partial charge in [0, 0.05) is 11.6 Å². The molecule has 1 aliphatic heterocycles. The first kappa shape index (κ1) is 24.9. The van der Waals surface area contributed by atoms with Crippen LogP contribution in [0.25, 0.3) is 6.08 Å². The first-order valence-electron chi connectivity index (χ1n) is 11.9. The van der Waals surface area contributed by atoms with Gasteiger partial charge in [-0.05, 0) is 61.1 Å². The van der Waals surface area contributed by atoms with Crippen LogP contribution in [0.4, 0.5) is 0 Å². The number of halogens is 1. The van der Waals surface area contributed by atoms with Crippen molar-refractivity contribution in [3.63, 3.8) is 0 Å². The summed E-state index contributed by atoms with van der Waals surface area (Å²) in [5.41, 5.74) is 1.73. The molecular formula is C27H31ClN2O5. The number of fused-ring (bicyclic) bond motifs is 1. The summed E-state index contributed by atoms with van der Waals surface area (Å²) in [5, 5.41) is 3.49. The van der Waals surface area contributed by atoms with E-state index in [0.29, 0.717) is 35.1 Å². The van der Waals surface area contributed by atoms with E-state index < -0.39 is 0 Å². The molecule has 0 radical (unpaired) electrons. The molecule has 2 aliphatic rings. The third kappa shape index (κ3) is 5.90. The zero-order valence-electron chi connectivity index (χ0n) is 20.1. The van der Waals surface area contributed by atoms with Crippen molar-refractivity contribution in [3.05, 3.63) is 64.4 Å². The molecule has 0 bridgehead atoms. The lowest BCUT2D eigenvalue weighted by molar-refractivity contribution is -0.151. The Balaban J connectivity index is 1.42. The average Bonchev–Trinajstić information content (AvgIpc) is 2.87. The van der Waals surface area contributed by atoms with E-state index in [1.807, 2.05) is 36.4 Å². The summed E-state index contributed by atoms with van der Waals surface area (Å²) in [5.74, 6) is 1.08. The van der Waals surface area contributed by atoms with Crippen LogP contribution in [0.2, 0.25) is 5.02 Å². The van der Waals surface area contributed by atoms with Gasteiger partial charge < -0.3 is 24.4 Å². The molecule has 1 heterocycles. The molecule has 1 N–H and O–H groups in total. The van der Waals surface area contributed by atoms with Crippen LogP contribution in [0.5, 0.6) is 11.5 Å². The Hall–Kier alpha value is -3.19. The van der Waals surface area contributed by atoms with Gasteiger partial charge >= 0.3 is 0 Å². The molecule has 8 heteroatoms. The SMILES string of the molecule is COc1ccc(CCNC(=O)CN2C(=O)/C(=C\c3ccccc3Cl)OC3CCCCC32)cc1OC. The van der Waals surface area contributed by atoms with E-state index in [9.17, 15) is 9.59 Å². The predicted octanol–water partition coefficient (Wildman–Crippen LogP) is 4.23. The maximum Gasteiger partial charge on any atom is 0.289 e. The lowest BCUT2D eigenvalue weighted by Crippen LogP contribution is -2.57. The van der Waals surface area contributed by atoms with E-state index in [1.165, 1.54) is 0 Å². The molecule has 7 nitrogen and oxygen atoms in total. The minimum atomic E-state index is -0.275. The minimum Gasteiger partial charge on any atom is -0.493 e. The van der Waals surface area contributed by atoms with E-state index in [1.54, 1.807) is 31.3 Å². The topological polar surface area (TPSA) is 77.1 Å². The number of methoxy groups -OCH3 is 2. The van der Waals surface area contributed by atoms with Gasteiger partial charge in [0.1, 0.15) is 12.6 Å². The van der Waals surface area contributed by atoms with Crippen LogP contribution in [-0.4, -0.2) is 56.2 Å². The minimum absolute atomic E-state index is 0.00481. The second-order valence-electron chi connectivity index (χ2n) is 8.76. The van der Waals surface area contributed by atoms with Crippen molar-refractivity contribution in [3.8, 4) is 11.5 Å². The zero-order valence-corrected chi connectivity index (χ0v) is 20.8. The van der Waals surface area contributed by atoms with Gasteiger partial charge in [0.2, 0.25) is 5.91 Å². The molecule has 2 fully saturated rings. The summed E-state index contributed by atoms with van der Waals surface area (Å²) in [4.78, 5) is 27.8. The first-order chi connectivity index (χ1) is 17.0. The Kier molecular flexibility index (Phi) is 8.18. The third-order valence-corrected chi connectivity index (χ3v) is 6.85. The van der Waals surface area contributed by atoms with Crippen LogP contribution in [0, 0.1) is 0 Å². The molecule has 4 rings (SSSR count). The van der Waals surface area contributed by atoms with Crippen LogP contribution >= 0.6 is 11.6 Å². The number of rotatable bonds is 8. The highest BCUT2D eigenvalue weighted by atomic mass is 35.5. The van der Waals surface area contributed by atoms with Crippen LogP contribution in [0.1, 0.15) is 36.8 Å². The quantitative estimate of drug-likeness (QED) is 0.551. The maximum absolute atomic E-state index is 13.3. The Labute approximate surface area is 211 Å². The van der Waals surface area contributed by atoms with E-state index >= 15 is 0 Å². The largest absolute Gasteiger partial charge is 0.493 e. The fraction of sp³-hybridized carbons (Fsp3) is 0.407. The van der Waals surface area contributed by atoms with Gasteiger partial charge in [-0.15, -0.1) is 0 Å². The monoisotopic (exact) mass is 498 g/mol. The van der Waals surface area contributed by atoms with E-state index in [0.717, 1.165) is 31.2 Å². The molecule has 2 aromatic carbocycles. The fourth-order valence-corrected chi connectivity index (χ4v) is 4.88. The second kappa shape index (κ2) is 11.5. The highest BCUT2D eigenvalue weighted by Crippen LogP contribution is 2.34. The molecule has 186 valence electrons. The molecule has 1 saturated heterocycles. The summed E-state index contributed by atoms with van der Waals surface area (Å²) in [6.07, 6.45) is 5.93. The number of nitrogens with one attached hydrogen (secondary N) is 1. The van der Waals surface area contributed by atoms with Gasteiger partial charge in [0.15, 0.2) is 17.3 Å². The van der Waals surface area contributed by atoms with Gasteiger partial charge in [-0.25, -0.2) is 0 Å². The smallest absolute Gasteiger partial charge is 0.289 e. The average molecular weight is 499 g/mol. The lowest BCUT2D eigenvalue weighted by Gasteiger charge is -2.44. The molecule has 0 spiro atoms. The van der Waals surface area contributed by atoms with Gasteiger partial charge in [0.25, 0.3) is 5.91 Å². The molecule has 2 amide bonds. The number of benzene rings is 2. The van der Waals surface area contributed by atoms with Gasteiger partial charge in [-0.3, -0.25) is 9.59 Å². The van der Waals surface area contributed by atoms with Crippen molar-refractivity contribution in [2.75, 3.05) is 27.3 Å². The van der Waals surface area contributed by atoms with Gasteiger partial charge in [0.05, 0.1) is 20.3 Å². The van der Waals surface area contributed by atoms with Crippen molar-refractivity contribution >= 4 is 29.5 Å². The van der Waals surface area contributed by atoms with Gasteiger partial charge in [-0.2, -0.15) is 0 Å². The Morgan fingerprint density at radius 1 is 1.14 bits per heavy atom. The molecule has 2 atom stereocenters. The molecule has 1 saturated carbocycles. The molecule has 2 unspecified atom stereocenters. The summed E-state index contributed by atoms with van der Waals surface area (Å²) >= 11 is 6.29. The Morgan fingerprint density at radius 2 is 1.91 bits per heavy atom. The van der Waals surface area contributed by atoms with Crippen molar-refractivity contribution in [2.24, 2.45) is 0 Å². The van der Waals surface area contributed by atoms with Crippen LogP contribution < -0.4 is 14.8 Å². The normalized spacial score (nSPS) is 20.7. The number of ether oxygens (including phenoxy) is 3. The van der Waals surface area contributed by atoms with Gasteiger partial charge in [-0.1, -0.05) is 42.3 Å². The summed E-state index contributed by atoms with van der Waals surface area (Å²) in [6, 6.07) is 12.9. The molecule has 2 aromatic rings. The molecule has 35 heavy (non-hydrogen) atoms. The predicted molar refractivity (Wildman–Crippen MR) is 135 cm³/mol. The molecule has 0 aromatic heterocycles. The number of carbonyl (C=O) groups excluding carboxylic acids is 2. The maximum atomic E-state index is 13.3. The first-order valence-corrected chi connectivity index (χ1v) is 12.3. The van der Waals surface area contributed by atoms with Crippen molar-refractivity contribution < 1.29 is 23.8 Å². The highest BCUT2D eigenvalue weighted by Gasteiger charge is 2.42. The van der Waals surface area contributed by atoms with Crippen molar-refractivity contribution in [2.45, 2.75) is 44.2 Å². The number of carbonyl (C=O) groups is 2. The van der Waals surface area contributed by atoms with E-state index in [4.69, 9.17) is 25.8 Å². The summed E-state index contributed by atoms with van der Waals surface area (Å²) < 4.78 is 16.7. The van der Waals surface area contributed by atoms with E-state index in [-0.39, 0.29) is 36.3 Å². The second-order valence-corrected chi connectivity index (χ2v) is 9.17. The Bertz CT molecular complexity index is 1100.